The predicted molar refractivity (Wildman–Crippen MR) is 590 cm³/mol. The molecule has 0 aliphatic carbocycles. The molecule has 12 aromatic heterocycles. The molecular weight excluding hydrogens is 1990 g/mol. The fourth-order valence-corrected chi connectivity index (χ4v) is 22.9. The van der Waals surface area contributed by atoms with E-state index in [1.165, 1.54) is 80.0 Å². The van der Waals surface area contributed by atoms with Gasteiger partial charge >= 0.3 is 0 Å². The molecule has 35 heteroatoms. The Hall–Kier alpha value is -14.5. The molecule has 0 atom stereocenters. The van der Waals surface area contributed by atoms with E-state index in [2.05, 4.69) is 266 Å². The van der Waals surface area contributed by atoms with Crippen LogP contribution in [0.1, 0.15) is 88.3 Å². The molecule has 9 aromatic carbocycles. The van der Waals surface area contributed by atoms with Crippen molar-refractivity contribution >= 4 is 237 Å². The number of anilines is 5. The third-order valence-corrected chi connectivity index (χ3v) is 29.5. The van der Waals surface area contributed by atoms with Crippen molar-refractivity contribution in [3.63, 3.8) is 0 Å². The van der Waals surface area contributed by atoms with Crippen molar-refractivity contribution in [2.24, 2.45) is 0 Å². The van der Waals surface area contributed by atoms with Crippen LogP contribution in [0.4, 0.5) is 29.1 Å². The summed E-state index contributed by atoms with van der Waals surface area (Å²) >= 11 is 24.4. The highest BCUT2D eigenvalue weighted by molar-refractivity contribution is 9.10. The number of fused-ring (bicyclic) bond motifs is 10. The number of unbranched alkanes of at least 4 members (excludes halogenated alkanes) is 4. The first-order chi connectivity index (χ1) is 69.7. The van der Waals surface area contributed by atoms with Crippen LogP contribution >= 0.6 is 97.9 Å². The van der Waals surface area contributed by atoms with Gasteiger partial charge < -0.3 is 61.4 Å². The quantitative estimate of drug-likeness (QED) is 0.0187. The Morgan fingerprint density at radius 2 is 0.797 bits per heavy atom. The minimum absolute atomic E-state index is 0.354. The van der Waals surface area contributed by atoms with Crippen LogP contribution in [0.25, 0.3) is 110 Å². The van der Waals surface area contributed by atoms with E-state index in [1.807, 2.05) is 78.2 Å². The third kappa shape index (κ3) is 23.3. The van der Waals surface area contributed by atoms with Crippen molar-refractivity contribution in [2.45, 2.75) is 181 Å². The van der Waals surface area contributed by atoms with Crippen molar-refractivity contribution in [1.82, 2.24) is 107 Å². The minimum Gasteiger partial charge on any atom is -0.382 e. The normalized spacial score (nSPS) is 11.3. The number of nitrogens with two attached hydrogens (primary N) is 5. The number of nitrogen functional groups attached to an aromatic ring is 5. The van der Waals surface area contributed by atoms with E-state index in [-0.39, 0.29) is 0 Å². The number of hydrogen-bond acceptors (Lipinski definition) is 26. The average Bonchev–Trinajstić information content (AvgIpc) is 1.58. The van der Waals surface area contributed by atoms with Crippen molar-refractivity contribution in [3.8, 4) is 49.4 Å². The molecule has 0 saturated heterocycles. The highest BCUT2D eigenvalue weighted by atomic mass is 79.9. The second-order valence-corrected chi connectivity index (χ2v) is 40.3. The summed E-state index contributed by atoms with van der Waals surface area (Å²) in [7, 11) is 0. The van der Waals surface area contributed by atoms with Gasteiger partial charge in [0.05, 0.1) is 16.6 Å². The Bertz CT molecular complexity index is 8410. The number of rotatable bonds is 29. The minimum atomic E-state index is 0.354. The maximum atomic E-state index is 6.38. The van der Waals surface area contributed by atoms with E-state index in [4.69, 9.17) is 102 Å². The van der Waals surface area contributed by atoms with Crippen molar-refractivity contribution in [3.05, 3.63) is 263 Å². The molecule has 143 heavy (non-hydrogen) atoms. The second kappa shape index (κ2) is 47.0. The number of terminal acetylenes is 4. The van der Waals surface area contributed by atoms with E-state index < -0.39 is 0 Å². The molecule has 0 fully saturated rings. The monoisotopic (exact) mass is 2080 g/mol. The van der Waals surface area contributed by atoms with Crippen molar-refractivity contribution < 1.29 is 0 Å². The summed E-state index contributed by atoms with van der Waals surface area (Å²) in [5.74, 6) is 12.7. The van der Waals surface area contributed by atoms with Gasteiger partial charge in [0.1, 0.15) is 30.8 Å². The number of benzene rings is 9. The van der Waals surface area contributed by atoms with Gasteiger partial charge in [-0.05, 0) is 181 Å². The molecule has 21 rings (SSSR count). The maximum Gasteiger partial charge on any atom is 0.175 e. The summed E-state index contributed by atoms with van der Waals surface area (Å²) in [6.45, 7) is 14.0. The van der Waals surface area contributed by atoms with Gasteiger partial charge in [-0.25, -0.2) is 69.8 Å². The second-order valence-electron chi connectivity index (χ2n) is 33.5. The zero-order valence-corrected chi connectivity index (χ0v) is 85.8. The van der Waals surface area contributed by atoms with Gasteiger partial charge in [0, 0.05) is 145 Å². The lowest BCUT2D eigenvalue weighted by atomic mass is 10.1. The average molecular weight is 2090 g/mol. The molecule has 716 valence electrons. The van der Waals surface area contributed by atoms with Crippen LogP contribution in [0.5, 0.6) is 0 Å². The molecule has 27 nitrogen and oxygen atoms in total. The SMILES string of the molecule is C#CCCCn1c(Sc2cc(Br)cc3ccn(Cc4ccc(C)cc4)c23)nc2c(N)ncnc21.C#CCCCn1c(Sc2cc(Cl)cc3c(C)ccnc23)nc2c(N)ncnc21.C#CCCCn1c(Sc2ccc(Cl)c3ccccc23)nc2c(N)ncnc21.C#CCCCn1c(Sc2cccc3ccccc23)nc2c(N)ncnc21.CC(C)NCCCn1c(Sc2cccc3ccccc23)nc2c(N)nccc21. The van der Waals surface area contributed by atoms with Crippen molar-refractivity contribution in [2.75, 3.05) is 35.2 Å². The van der Waals surface area contributed by atoms with E-state index in [0.717, 1.165) is 174 Å². The lowest BCUT2D eigenvalue weighted by Gasteiger charge is -2.12. The zero-order valence-electron chi connectivity index (χ0n) is 78.6. The van der Waals surface area contributed by atoms with Crippen LogP contribution in [0.15, 0.2) is 287 Å². The first-order valence-electron chi connectivity index (χ1n) is 46.1. The smallest absolute Gasteiger partial charge is 0.175 e. The molecule has 0 aliphatic rings. The molecule has 0 bridgehead atoms. The molecule has 12 heterocycles. The van der Waals surface area contributed by atoms with Gasteiger partial charge in [0.2, 0.25) is 0 Å². The number of hydrogen-bond donors (Lipinski definition) is 6. The highest BCUT2D eigenvalue weighted by Gasteiger charge is 2.25. The van der Waals surface area contributed by atoms with E-state index >= 15 is 0 Å². The molecule has 0 amide bonds. The predicted octanol–water partition coefficient (Wildman–Crippen LogP) is 24.1. The van der Waals surface area contributed by atoms with Crippen LogP contribution in [0, 0.1) is 63.2 Å². The maximum absolute atomic E-state index is 6.38. The van der Waals surface area contributed by atoms with Crippen LogP contribution in [0.2, 0.25) is 10.0 Å². The number of halogens is 3. The third-order valence-electron chi connectivity index (χ3n) is 23.3. The lowest BCUT2D eigenvalue weighted by molar-refractivity contribution is 0.526. The van der Waals surface area contributed by atoms with Gasteiger partial charge in [0.25, 0.3) is 0 Å². The molecule has 0 radical (unpaired) electrons. The fourth-order valence-electron chi connectivity index (χ4n) is 16.3. The summed E-state index contributed by atoms with van der Waals surface area (Å²) in [4.78, 5) is 71.9. The Balaban J connectivity index is 0.000000123. The summed E-state index contributed by atoms with van der Waals surface area (Å²) in [6.07, 6.45) is 40.4. The molecular formula is C108H98BrCl2N27S5. The topological polar surface area (TPSA) is 365 Å². The van der Waals surface area contributed by atoms with Gasteiger partial charge in [-0.15, -0.1) is 49.4 Å². The number of aromatic nitrogens is 21. The standard InChI is InChI=1S/C26H23BrN6S.C22H25N5S.C20H17ClN6S.C20H16ClN5S.C20H17N5S/c1-3-4-5-11-33-25-22(24(28)29-16-30-25)31-26(33)34-21-14-20(27)13-19-10-12-32(23(19)21)15-18-8-6-17(2)7-9-18;1-15(2)24-12-6-14-27-18-11-13-25-21(23)20(18)26-22(27)28-19-10-5-8-16-7-3-4-9-17(16)19;1-3-4-5-8-27-19-17(18(22)24-11-25-19)26-20(27)28-15-10-13(21)9-14-12(2)6-7-23-16(14)15;1-2-3-6-11-26-19-17(18(22)23-12-24-19)25-20(26)27-16-10-9-15(21)13-7-4-5-8-14(13)16;1-2-3-6-12-25-19-17(18(21)22-13-23-19)24-20(25)26-16-11-7-9-14-8-4-5-10-15(14)16/h1,6-10,12-14,16H,4-5,11,15H2,2H3,(H2,28,29,30);3-5,7-11,13,15,24H,6,12,14H2,1-2H3,(H2,23,25);1,6-7,9-11H,4-5,8H2,2H3,(H2,22,24,25);1,4-5,7-10,12H,3,6,11H2,(H2,22,23,24);1,4-5,7-11,13H,3,6,12H2,(H2,21,22,23). The Morgan fingerprint density at radius 1 is 0.378 bits per heavy atom. The van der Waals surface area contributed by atoms with Crippen LogP contribution < -0.4 is 34.0 Å². The van der Waals surface area contributed by atoms with Crippen LogP contribution in [-0.4, -0.2) is 115 Å². The van der Waals surface area contributed by atoms with E-state index in [1.54, 1.807) is 59.4 Å². The summed E-state index contributed by atoms with van der Waals surface area (Å²) in [5, 5.41) is 18.2. The first kappa shape index (κ1) is 100. The zero-order chi connectivity index (χ0) is 99.6. The summed E-state index contributed by atoms with van der Waals surface area (Å²) in [6, 6.07) is 64.8. The summed E-state index contributed by atoms with van der Waals surface area (Å²) < 4.78 is 13.8. The first-order valence-corrected chi connectivity index (χ1v) is 51.7. The van der Waals surface area contributed by atoms with Gasteiger partial charge in [-0.3, -0.25) is 4.98 Å². The van der Waals surface area contributed by atoms with Crippen LogP contribution in [0.3, 0.4) is 0 Å². The highest BCUT2D eigenvalue weighted by Crippen LogP contribution is 2.44. The van der Waals surface area contributed by atoms with Crippen LogP contribution in [-0.2, 0) is 39.3 Å². The lowest BCUT2D eigenvalue weighted by Crippen LogP contribution is -2.24. The van der Waals surface area contributed by atoms with Crippen molar-refractivity contribution in [1.29, 1.82) is 0 Å². The van der Waals surface area contributed by atoms with E-state index in [0.29, 0.717) is 113 Å². The van der Waals surface area contributed by atoms with Gasteiger partial charge in [-0.2, -0.15) is 0 Å². The molecule has 0 saturated carbocycles. The molecule has 0 aliphatic heterocycles. The number of pyridine rings is 2. The molecule has 0 spiro atoms. The van der Waals surface area contributed by atoms with Gasteiger partial charge in [0.15, 0.2) is 99.5 Å². The fraction of sp³-hybridized carbons (Fsp3) is 0.194. The Morgan fingerprint density at radius 3 is 1.29 bits per heavy atom. The molecule has 11 N–H and O–H groups in total. The van der Waals surface area contributed by atoms with E-state index in [9.17, 15) is 0 Å². The molecule has 21 aromatic rings. The largest absolute Gasteiger partial charge is 0.382 e. The number of imidazole rings is 5. The Labute approximate surface area is 866 Å². The Kier molecular flexibility index (Phi) is 32.9. The number of nitrogens with zero attached hydrogens (tertiary/aromatic N) is 21. The van der Waals surface area contributed by atoms with Gasteiger partial charge in [-0.1, -0.05) is 215 Å². The summed E-state index contributed by atoms with van der Waals surface area (Å²) in [5.41, 5.74) is 43.1. The number of nitrogens with one attached hydrogen (secondary N) is 1. The molecule has 0 unspecified atom stereocenters. The number of aryl methyl sites for hydroxylation is 7.